The number of methoxy groups -OCH3 is 3. The Labute approximate surface area is 167 Å². The summed E-state index contributed by atoms with van der Waals surface area (Å²) in [5.74, 6) is 1.06. The maximum atomic E-state index is 11.3. The summed E-state index contributed by atoms with van der Waals surface area (Å²) >= 11 is 0. The van der Waals surface area contributed by atoms with E-state index in [-0.39, 0.29) is 23.3 Å². The van der Waals surface area contributed by atoms with Crippen LogP contribution in [0.3, 0.4) is 0 Å². The molecular formula is C21H20N2O6. The summed E-state index contributed by atoms with van der Waals surface area (Å²) in [6.45, 7) is 1.50. The van der Waals surface area contributed by atoms with E-state index in [0.29, 0.717) is 34.1 Å². The van der Waals surface area contributed by atoms with Crippen molar-refractivity contribution in [1.29, 1.82) is 0 Å². The Morgan fingerprint density at radius 3 is 2.21 bits per heavy atom. The molecule has 0 bridgehead atoms. The van der Waals surface area contributed by atoms with Gasteiger partial charge in [-0.25, -0.2) is 4.98 Å². The Morgan fingerprint density at radius 2 is 1.69 bits per heavy atom. The monoisotopic (exact) mass is 396 g/mol. The number of ether oxygens (including phenoxy) is 3. The van der Waals surface area contributed by atoms with Gasteiger partial charge >= 0.3 is 5.95 Å². The number of carbonyl (C=O) groups excluding carboxylic acids is 1. The second kappa shape index (κ2) is 8.47. The fourth-order valence-corrected chi connectivity index (χ4v) is 2.65. The number of Topliss-reactive ketones (excluding diaryl/α,β-unsaturated/α-hetero) is 1. The molecule has 0 aliphatic rings. The molecule has 0 saturated heterocycles. The molecule has 0 spiro atoms. The van der Waals surface area contributed by atoms with E-state index in [1.165, 1.54) is 34.5 Å². The summed E-state index contributed by atoms with van der Waals surface area (Å²) in [7, 11) is 4.52. The summed E-state index contributed by atoms with van der Waals surface area (Å²) in [5.41, 5.74) is 1.88. The zero-order valence-corrected chi connectivity index (χ0v) is 16.4. The minimum atomic E-state index is -0.377. The standard InChI is InChI=1S/C21H20N2O6/c1-12(24)13-5-7-15(8-6-13)22-11-16-21(25)29-20(23-16)14-9-17(26-2)19(28-4)18(10-14)27-3/h5-11,25H,1-4H3. The Balaban J connectivity index is 1.91. The molecule has 2 aromatic carbocycles. The van der Waals surface area contributed by atoms with Crippen molar-refractivity contribution in [3.63, 3.8) is 0 Å². The Morgan fingerprint density at radius 1 is 1.07 bits per heavy atom. The molecule has 1 N–H and O–H groups in total. The van der Waals surface area contributed by atoms with Crippen molar-refractivity contribution in [3.05, 3.63) is 47.7 Å². The summed E-state index contributed by atoms with van der Waals surface area (Å²) in [4.78, 5) is 19.9. The van der Waals surface area contributed by atoms with Crippen LogP contribution in [0.25, 0.3) is 11.5 Å². The number of oxazole rings is 1. The van der Waals surface area contributed by atoms with E-state index in [1.54, 1.807) is 36.4 Å². The van der Waals surface area contributed by atoms with Crippen LogP contribution in [-0.2, 0) is 0 Å². The van der Waals surface area contributed by atoms with Crippen LogP contribution in [0.1, 0.15) is 23.0 Å². The van der Waals surface area contributed by atoms with Crippen molar-refractivity contribution >= 4 is 17.7 Å². The van der Waals surface area contributed by atoms with Gasteiger partial charge in [-0.05, 0) is 43.3 Å². The summed E-state index contributed by atoms with van der Waals surface area (Å²) in [6.07, 6.45) is 1.38. The highest BCUT2D eigenvalue weighted by Crippen LogP contribution is 2.41. The average molecular weight is 396 g/mol. The number of nitrogens with zero attached hydrogens (tertiary/aromatic N) is 2. The van der Waals surface area contributed by atoms with Gasteiger partial charge in [0.05, 0.1) is 33.2 Å². The number of benzene rings is 2. The SMILES string of the molecule is COc1cc(-c2nc(C=Nc3ccc(C(C)=O)cc3)c(O)o2)cc(OC)c1OC. The molecule has 0 aliphatic carbocycles. The topological polar surface area (TPSA) is 103 Å². The molecule has 0 saturated carbocycles. The first-order valence-electron chi connectivity index (χ1n) is 8.62. The van der Waals surface area contributed by atoms with Crippen LogP contribution in [-0.4, -0.2) is 43.4 Å². The van der Waals surface area contributed by atoms with Gasteiger partial charge in [-0.3, -0.25) is 9.79 Å². The van der Waals surface area contributed by atoms with E-state index in [2.05, 4.69) is 9.98 Å². The zero-order chi connectivity index (χ0) is 21.0. The van der Waals surface area contributed by atoms with Crippen molar-refractivity contribution in [2.45, 2.75) is 6.92 Å². The van der Waals surface area contributed by atoms with Crippen LogP contribution in [0.2, 0.25) is 0 Å². The lowest BCUT2D eigenvalue weighted by Crippen LogP contribution is -1.95. The maximum absolute atomic E-state index is 11.3. The predicted molar refractivity (Wildman–Crippen MR) is 107 cm³/mol. The fourth-order valence-electron chi connectivity index (χ4n) is 2.65. The van der Waals surface area contributed by atoms with Crippen molar-refractivity contribution in [2.24, 2.45) is 4.99 Å². The third-order valence-corrected chi connectivity index (χ3v) is 4.16. The van der Waals surface area contributed by atoms with Crippen molar-refractivity contribution in [3.8, 4) is 34.6 Å². The molecule has 1 heterocycles. The number of ketones is 1. The van der Waals surface area contributed by atoms with E-state index in [1.807, 2.05) is 0 Å². The molecule has 3 rings (SSSR count). The van der Waals surface area contributed by atoms with Crippen LogP contribution in [0.4, 0.5) is 5.69 Å². The number of aromatic nitrogens is 1. The number of hydrogen-bond donors (Lipinski definition) is 1. The van der Waals surface area contributed by atoms with Gasteiger partial charge in [0, 0.05) is 11.1 Å². The normalized spacial score (nSPS) is 10.9. The molecule has 0 aliphatic heterocycles. The highest BCUT2D eigenvalue weighted by atomic mass is 16.5. The third-order valence-electron chi connectivity index (χ3n) is 4.16. The summed E-state index contributed by atoms with van der Waals surface area (Å²) in [5, 5.41) is 10.1. The molecule has 0 unspecified atom stereocenters. The fraction of sp³-hybridized carbons (Fsp3) is 0.190. The number of hydrogen-bond acceptors (Lipinski definition) is 8. The molecular weight excluding hydrogens is 376 g/mol. The van der Waals surface area contributed by atoms with Crippen LogP contribution < -0.4 is 14.2 Å². The molecule has 0 fully saturated rings. The van der Waals surface area contributed by atoms with Gasteiger partial charge in [0.1, 0.15) is 0 Å². The molecule has 0 radical (unpaired) electrons. The van der Waals surface area contributed by atoms with Gasteiger partial charge in [0.15, 0.2) is 23.0 Å². The molecule has 150 valence electrons. The highest BCUT2D eigenvalue weighted by molar-refractivity contribution is 5.94. The average Bonchev–Trinajstić information content (AvgIpc) is 3.11. The lowest BCUT2D eigenvalue weighted by Gasteiger charge is -2.12. The van der Waals surface area contributed by atoms with E-state index in [9.17, 15) is 9.90 Å². The summed E-state index contributed by atoms with van der Waals surface area (Å²) in [6, 6.07) is 10.1. The number of carbonyl (C=O) groups is 1. The molecule has 1 aromatic heterocycles. The van der Waals surface area contributed by atoms with Gasteiger partial charge in [-0.15, -0.1) is 0 Å². The number of aliphatic imine (C=N–C) groups is 1. The predicted octanol–water partition coefficient (Wildman–Crippen LogP) is 4.03. The first-order chi connectivity index (χ1) is 14.0. The minimum Gasteiger partial charge on any atom is -0.493 e. The lowest BCUT2D eigenvalue weighted by molar-refractivity contribution is 0.101. The van der Waals surface area contributed by atoms with E-state index < -0.39 is 0 Å². The second-order valence-corrected chi connectivity index (χ2v) is 5.98. The molecule has 3 aromatic rings. The first kappa shape index (κ1) is 19.9. The van der Waals surface area contributed by atoms with Gasteiger partial charge in [0.25, 0.3) is 0 Å². The lowest BCUT2D eigenvalue weighted by atomic mass is 10.1. The van der Waals surface area contributed by atoms with Gasteiger partial charge in [0.2, 0.25) is 11.6 Å². The van der Waals surface area contributed by atoms with Crippen LogP contribution >= 0.6 is 0 Å². The van der Waals surface area contributed by atoms with Gasteiger partial charge in [-0.1, -0.05) is 0 Å². The van der Waals surface area contributed by atoms with Crippen molar-refractivity contribution in [2.75, 3.05) is 21.3 Å². The van der Waals surface area contributed by atoms with Gasteiger partial charge in [-0.2, -0.15) is 0 Å². The second-order valence-electron chi connectivity index (χ2n) is 5.98. The summed E-state index contributed by atoms with van der Waals surface area (Å²) < 4.78 is 21.3. The van der Waals surface area contributed by atoms with Crippen LogP contribution in [0.5, 0.6) is 23.2 Å². The van der Waals surface area contributed by atoms with E-state index >= 15 is 0 Å². The molecule has 0 atom stereocenters. The first-order valence-corrected chi connectivity index (χ1v) is 8.62. The molecule has 8 nitrogen and oxygen atoms in total. The third kappa shape index (κ3) is 4.21. The Hall–Kier alpha value is -3.81. The van der Waals surface area contributed by atoms with Crippen LogP contribution in [0.15, 0.2) is 45.8 Å². The van der Waals surface area contributed by atoms with Crippen molar-refractivity contribution < 1.29 is 28.5 Å². The van der Waals surface area contributed by atoms with Crippen LogP contribution in [0, 0.1) is 0 Å². The number of rotatable bonds is 7. The van der Waals surface area contributed by atoms with Crippen molar-refractivity contribution in [1.82, 2.24) is 4.98 Å². The largest absolute Gasteiger partial charge is 0.493 e. The number of aromatic hydroxyl groups is 1. The zero-order valence-electron chi connectivity index (χ0n) is 16.4. The smallest absolute Gasteiger partial charge is 0.312 e. The molecule has 0 amide bonds. The Bertz CT molecular complexity index is 1030. The highest BCUT2D eigenvalue weighted by Gasteiger charge is 2.18. The van der Waals surface area contributed by atoms with Gasteiger partial charge < -0.3 is 23.7 Å². The van der Waals surface area contributed by atoms with E-state index in [4.69, 9.17) is 18.6 Å². The maximum Gasteiger partial charge on any atom is 0.312 e. The molecule has 8 heteroatoms. The Kier molecular flexibility index (Phi) is 5.82. The quantitative estimate of drug-likeness (QED) is 0.475. The molecule has 29 heavy (non-hydrogen) atoms. The minimum absolute atomic E-state index is 0.0235. The van der Waals surface area contributed by atoms with E-state index in [0.717, 1.165) is 0 Å².